The minimum Gasteiger partial charge on any atom is -0.392 e. The van der Waals surface area contributed by atoms with Crippen molar-refractivity contribution in [3.8, 4) is 0 Å². The Morgan fingerprint density at radius 3 is 2.00 bits per heavy atom. The summed E-state index contributed by atoms with van der Waals surface area (Å²) < 4.78 is 0. The molecule has 0 saturated carbocycles. The summed E-state index contributed by atoms with van der Waals surface area (Å²) in [6, 6.07) is 6.13. The minimum atomic E-state index is 0.775. The van der Waals surface area contributed by atoms with Crippen LogP contribution in [0.1, 0.15) is 37.5 Å². The summed E-state index contributed by atoms with van der Waals surface area (Å²) in [6.07, 6.45) is 3.06. The van der Waals surface area contributed by atoms with Crippen LogP contribution in [-0.4, -0.2) is 0 Å². The highest BCUT2D eigenvalue weighted by Gasteiger charge is 2.06. The molecule has 1 heteroatoms. The van der Waals surface area contributed by atoms with Gasteiger partial charge in [-0.25, -0.2) is 0 Å². The lowest BCUT2D eigenvalue weighted by atomic mass is 9.96. The molecule has 1 rings (SSSR count). The molecule has 0 amide bonds. The predicted molar refractivity (Wildman–Crippen MR) is 56.7 cm³/mol. The Labute approximate surface area is 81.0 Å². The van der Waals surface area contributed by atoms with Gasteiger partial charge < -0.3 is 5.73 Å². The molecule has 0 atom stereocenters. The van der Waals surface area contributed by atoms with Crippen molar-refractivity contribution in [1.29, 1.82) is 0 Å². The highest BCUT2D eigenvalue weighted by Crippen LogP contribution is 2.19. The van der Waals surface area contributed by atoms with Crippen molar-refractivity contribution in [3.05, 3.63) is 28.8 Å². The van der Waals surface area contributed by atoms with Crippen LogP contribution >= 0.6 is 0 Å². The lowest BCUT2D eigenvalue weighted by Crippen LogP contribution is -2.01. The van der Waals surface area contributed by atoms with Gasteiger partial charge in [0.15, 0.2) is 0 Å². The van der Waals surface area contributed by atoms with Crippen molar-refractivity contribution in [2.24, 2.45) is 0 Å². The molecule has 70 valence electrons. The maximum absolute atomic E-state index is 5.84. The zero-order valence-corrected chi connectivity index (χ0v) is 8.70. The molecule has 1 aromatic rings. The quantitative estimate of drug-likeness (QED) is 0.750. The van der Waals surface area contributed by atoms with Crippen LogP contribution in [0.2, 0.25) is 0 Å². The molecule has 0 fully saturated rings. The molecular weight excluding hydrogens is 158 g/mol. The van der Waals surface area contributed by atoms with Crippen LogP contribution in [-0.2, 0) is 19.3 Å². The van der Waals surface area contributed by atoms with E-state index in [1.165, 1.54) is 16.7 Å². The normalized spacial score (nSPS) is 9.77. The molecule has 2 N–H and O–H groups in total. The smallest absolute Gasteiger partial charge is 0.0866 e. The number of nitrogen functional groups attached to an aromatic ring is 1. The van der Waals surface area contributed by atoms with Crippen molar-refractivity contribution in [2.75, 3.05) is 5.73 Å². The first-order valence-corrected chi connectivity index (χ1v) is 4.97. The molecule has 1 aromatic carbocycles. The van der Waals surface area contributed by atoms with E-state index in [1.54, 1.807) is 0 Å². The van der Waals surface area contributed by atoms with Crippen molar-refractivity contribution in [2.45, 2.75) is 40.0 Å². The molecule has 0 aliphatic carbocycles. The van der Waals surface area contributed by atoms with E-state index < -0.39 is 0 Å². The lowest BCUT2D eigenvalue weighted by Gasteiger charge is -2.09. The summed E-state index contributed by atoms with van der Waals surface area (Å²) in [5.41, 5.74) is 10.5. The fourth-order valence-electron chi connectivity index (χ4n) is 1.77. The Bertz CT molecular complexity index is 289. The zero-order valence-electron chi connectivity index (χ0n) is 8.70. The topological polar surface area (TPSA) is 26.0 Å². The van der Waals surface area contributed by atoms with Gasteiger partial charge in [-0.05, 0) is 36.5 Å². The number of hydrogen-bond acceptors (Lipinski definition) is 1. The molecule has 0 heterocycles. The number of nitrogens with two attached hydrogens (primary N) is 1. The van der Waals surface area contributed by atoms with Crippen LogP contribution in [0.15, 0.2) is 0 Å². The van der Waals surface area contributed by atoms with Gasteiger partial charge in [0.05, 0.1) is 5.69 Å². The third kappa shape index (κ3) is 1.78. The number of anilines is 1. The van der Waals surface area contributed by atoms with Gasteiger partial charge in [-0.3, -0.25) is 0 Å². The van der Waals surface area contributed by atoms with Gasteiger partial charge >= 0.3 is 0 Å². The van der Waals surface area contributed by atoms with Crippen molar-refractivity contribution in [3.63, 3.8) is 0 Å². The maximum atomic E-state index is 5.84. The average Bonchev–Trinajstić information content (AvgIpc) is 2.17. The van der Waals surface area contributed by atoms with Crippen LogP contribution in [0.4, 0.5) is 5.69 Å². The lowest BCUT2D eigenvalue weighted by molar-refractivity contribution is 0.987. The van der Waals surface area contributed by atoms with E-state index in [0.29, 0.717) is 0 Å². The first kappa shape index (κ1) is 9.92. The van der Waals surface area contributed by atoms with Crippen LogP contribution in [0, 0.1) is 12.1 Å². The number of rotatable bonds is 3. The largest absolute Gasteiger partial charge is 0.392 e. The van der Waals surface area contributed by atoms with E-state index in [-0.39, 0.29) is 0 Å². The van der Waals surface area contributed by atoms with Crippen LogP contribution in [0.5, 0.6) is 0 Å². The second-order valence-electron chi connectivity index (χ2n) is 3.16. The van der Waals surface area contributed by atoms with E-state index in [0.717, 1.165) is 24.9 Å². The van der Waals surface area contributed by atoms with E-state index in [1.807, 2.05) is 0 Å². The Balaban J connectivity index is 3.27. The molecule has 0 aliphatic heterocycles. The van der Waals surface area contributed by atoms with Crippen molar-refractivity contribution < 1.29 is 0 Å². The monoisotopic (exact) mass is 175 g/mol. The highest BCUT2D eigenvalue weighted by molar-refractivity contribution is 5.50. The maximum Gasteiger partial charge on any atom is 0.0866 e. The summed E-state index contributed by atoms with van der Waals surface area (Å²) in [7, 11) is 0. The first-order chi connectivity index (χ1) is 6.24. The van der Waals surface area contributed by atoms with Crippen LogP contribution in [0.3, 0.4) is 0 Å². The zero-order chi connectivity index (χ0) is 9.84. The second kappa shape index (κ2) is 4.18. The second-order valence-corrected chi connectivity index (χ2v) is 3.16. The van der Waals surface area contributed by atoms with Crippen molar-refractivity contribution >= 4 is 5.69 Å². The standard InChI is InChI=1S/C12H17N/c1-4-9-7-8-12(13)11(6-3)10(9)5-2/h4-6,13H2,1-3H3. The summed E-state index contributed by atoms with van der Waals surface area (Å²) in [6.45, 7) is 6.45. The third-order valence-corrected chi connectivity index (χ3v) is 2.46. The summed E-state index contributed by atoms with van der Waals surface area (Å²) in [4.78, 5) is 0. The highest BCUT2D eigenvalue weighted by atomic mass is 14.6. The van der Waals surface area contributed by atoms with Gasteiger partial charge in [-0.1, -0.05) is 26.8 Å². The van der Waals surface area contributed by atoms with Gasteiger partial charge in [0.25, 0.3) is 0 Å². The van der Waals surface area contributed by atoms with Crippen LogP contribution in [0.25, 0.3) is 0 Å². The summed E-state index contributed by atoms with van der Waals surface area (Å²) >= 11 is 0. The minimum absolute atomic E-state index is 0.775. The Morgan fingerprint density at radius 2 is 1.54 bits per heavy atom. The fourth-order valence-corrected chi connectivity index (χ4v) is 1.77. The summed E-state index contributed by atoms with van der Waals surface area (Å²) in [5, 5.41) is 0. The Kier molecular flexibility index (Phi) is 3.19. The van der Waals surface area contributed by atoms with E-state index >= 15 is 0 Å². The van der Waals surface area contributed by atoms with Gasteiger partial charge in [-0.2, -0.15) is 0 Å². The van der Waals surface area contributed by atoms with Gasteiger partial charge in [0.1, 0.15) is 0 Å². The molecule has 0 radical (unpaired) electrons. The molecule has 0 spiro atoms. The van der Waals surface area contributed by atoms with Gasteiger partial charge in [0, 0.05) is 5.56 Å². The SMILES string of the molecule is CCc1c#cc(N)c(CC)c1CC. The molecule has 13 heavy (non-hydrogen) atoms. The van der Waals surface area contributed by atoms with Crippen molar-refractivity contribution in [1.82, 2.24) is 0 Å². The van der Waals surface area contributed by atoms with E-state index in [4.69, 9.17) is 5.73 Å². The van der Waals surface area contributed by atoms with Gasteiger partial charge in [-0.15, -0.1) is 0 Å². The molecular formula is C12H17N. The van der Waals surface area contributed by atoms with E-state index in [2.05, 4.69) is 32.9 Å². The van der Waals surface area contributed by atoms with Gasteiger partial charge in [0.2, 0.25) is 0 Å². The molecule has 0 aliphatic rings. The number of hydrogen-bond donors (Lipinski definition) is 1. The molecule has 0 unspecified atom stereocenters. The summed E-state index contributed by atoms with van der Waals surface area (Å²) in [5.74, 6) is 0. The molecule has 0 saturated heterocycles. The average molecular weight is 175 g/mol. The molecule has 0 bridgehead atoms. The Morgan fingerprint density at radius 1 is 0.923 bits per heavy atom. The Hall–Kier alpha value is -1.16. The molecule has 0 aromatic heterocycles. The fraction of sp³-hybridized carbons (Fsp3) is 0.500. The van der Waals surface area contributed by atoms with E-state index in [9.17, 15) is 0 Å². The third-order valence-electron chi connectivity index (χ3n) is 2.46. The van der Waals surface area contributed by atoms with Crippen LogP contribution < -0.4 is 5.73 Å². The molecule has 1 nitrogen and oxygen atoms in total. The first-order valence-electron chi connectivity index (χ1n) is 4.97. The predicted octanol–water partition coefficient (Wildman–Crippen LogP) is 2.56.